The summed E-state index contributed by atoms with van der Waals surface area (Å²) < 4.78 is 10.9. The molecule has 7 N–H and O–H groups in total. The molecule has 2 heterocycles. The summed E-state index contributed by atoms with van der Waals surface area (Å²) in [5, 5.41) is 32.6. The highest BCUT2D eigenvalue weighted by molar-refractivity contribution is 6.32. The van der Waals surface area contributed by atoms with E-state index in [0.29, 0.717) is 11.1 Å². The molecule has 13 heteroatoms. The van der Waals surface area contributed by atoms with Crippen LogP contribution >= 0.6 is 11.6 Å². The molecule has 164 valence electrons. The first-order valence-corrected chi connectivity index (χ1v) is 9.48. The molecule has 12 nitrogen and oxygen atoms in total. The second-order valence-electron chi connectivity index (χ2n) is 6.35. The number of pyridine rings is 1. The van der Waals surface area contributed by atoms with Crippen molar-refractivity contribution in [1.29, 1.82) is 10.5 Å². The molecule has 1 unspecified atom stereocenters. The van der Waals surface area contributed by atoms with Crippen LogP contribution in [0.5, 0.6) is 11.5 Å². The number of aliphatic imine (C=N–C) groups is 1. The van der Waals surface area contributed by atoms with Crippen molar-refractivity contribution in [1.82, 2.24) is 10.3 Å². The van der Waals surface area contributed by atoms with E-state index in [2.05, 4.69) is 20.6 Å². The third-order valence-electron chi connectivity index (χ3n) is 4.34. The molecule has 0 saturated heterocycles. The topological polar surface area (TPSA) is 205 Å². The summed E-state index contributed by atoms with van der Waals surface area (Å²) >= 11 is 6.37. The van der Waals surface area contributed by atoms with Gasteiger partial charge in [-0.15, -0.1) is 0 Å². The van der Waals surface area contributed by atoms with E-state index in [1.165, 1.54) is 6.07 Å². The number of carboxylic acid groups (broad SMARTS) is 1. The van der Waals surface area contributed by atoms with E-state index in [4.69, 9.17) is 42.9 Å². The van der Waals surface area contributed by atoms with Gasteiger partial charge in [-0.05, 0) is 24.6 Å². The molecule has 3 rings (SSSR count). The fourth-order valence-corrected chi connectivity index (χ4v) is 3.38. The number of hydrogen-bond acceptors (Lipinski definition) is 11. The highest BCUT2D eigenvalue weighted by Gasteiger charge is 2.31. The molecule has 0 radical (unpaired) electrons. The van der Waals surface area contributed by atoms with Crippen LogP contribution in [0.3, 0.4) is 0 Å². The van der Waals surface area contributed by atoms with Gasteiger partial charge >= 0.3 is 5.97 Å². The number of aromatic nitrogens is 1. The van der Waals surface area contributed by atoms with Gasteiger partial charge in [0.25, 0.3) is 0 Å². The first kappa shape index (κ1) is 22.3. The van der Waals surface area contributed by atoms with Crippen LogP contribution in [0, 0.1) is 22.8 Å². The number of fused-ring (bicyclic) bond motifs is 1. The smallest absolute Gasteiger partial charge is 0.341 e. The van der Waals surface area contributed by atoms with Crippen molar-refractivity contribution in [3.8, 4) is 23.8 Å². The number of hydrogen-bond donors (Lipinski definition) is 5. The number of carbonyl (C=O) groups is 1. The lowest BCUT2D eigenvalue weighted by atomic mass is 9.95. The third kappa shape index (κ3) is 4.21. The number of nitrogen functional groups attached to an aromatic ring is 2. The lowest BCUT2D eigenvalue weighted by Crippen LogP contribution is -2.32. The number of anilines is 3. The molecule has 1 aliphatic rings. The number of rotatable bonds is 6. The zero-order valence-corrected chi connectivity index (χ0v) is 17.4. The Morgan fingerprint density at radius 3 is 2.75 bits per heavy atom. The molecule has 1 aliphatic heterocycles. The van der Waals surface area contributed by atoms with E-state index >= 15 is 0 Å². The summed E-state index contributed by atoms with van der Waals surface area (Å²) in [5.74, 6) is -0.757. The van der Waals surface area contributed by atoms with Crippen molar-refractivity contribution in [3.05, 3.63) is 33.8 Å². The maximum absolute atomic E-state index is 10.9. The molecule has 0 spiro atoms. The molecule has 0 aliphatic carbocycles. The van der Waals surface area contributed by atoms with E-state index in [1.54, 1.807) is 19.2 Å². The molecular weight excluding hydrogens is 440 g/mol. The van der Waals surface area contributed by atoms with Crippen LogP contribution in [0.1, 0.15) is 29.7 Å². The summed E-state index contributed by atoms with van der Waals surface area (Å²) in [4.78, 5) is 19.5. The summed E-state index contributed by atoms with van der Waals surface area (Å²) in [5.41, 5.74) is 12.9. The Labute approximate surface area is 187 Å². The number of guanidine groups is 1. The fourth-order valence-electron chi connectivity index (χ4n) is 3.10. The molecule has 1 aromatic heterocycles. The number of benzene rings is 1. The Hall–Kier alpha value is -4.42. The number of nitrogens with one attached hydrogen (secondary N) is 2. The van der Waals surface area contributed by atoms with E-state index in [0.717, 1.165) is 0 Å². The van der Waals surface area contributed by atoms with Gasteiger partial charge in [0.1, 0.15) is 29.3 Å². The van der Waals surface area contributed by atoms with Gasteiger partial charge < -0.3 is 31.4 Å². The van der Waals surface area contributed by atoms with E-state index in [1.807, 2.05) is 6.07 Å². The van der Waals surface area contributed by atoms with Gasteiger partial charge in [0.05, 0.1) is 17.3 Å². The van der Waals surface area contributed by atoms with Crippen LogP contribution in [-0.2, 0) is 4.79 Å². The van der Waals surface area contributed by atoms with Gasteiger partial charge in [-0.2, -0.15) is 10.5 Å². The zero-order valence-electron chi connectivity index (χ0n) is 16.6. The van der Waals surface area contributed by atoms with Crippen LogP contribution in [0.4, 0.5) is 17.3 Å². The Kier molecular flexibility index (Phi) is 6.37. The van der Waals surface area contributed by atoms with E-state index < -0.39 is 18.6 Å². The first-order chi connectivity index (χ1) is 15.3. The van der Waals surface area contributed by atoms with Gasteiger partial charge in [0.2, 0.25) is 5.96 Å². The summed E-state index contributed by atoms with van der Waals surface area (Å²) in [6.07, 6.45) is 1.76. The fraction of sp³-hybridized carbons (Fsp3) is 0.211. The molecule has 0 bridgehead atoms. The number of ether oxygens (including phenoxy) is 2. The summed E-state index contributed by atoms with van der Waals surface area (Å²) in [7, 11) is 0. The number of halogens is 1. The Morgan fingerprint density at radius 1 is 1.38 bits per heavy atom. The second kappa shape index (κ2) is 9.16. The predicted molar refractivity (Wildman–Crippen MR) is 115 cm³/mol. The monoisotopic (exact) mass is 456 g/mol. The van der Waals surface area contributed by atoms with Gasteiger partial charge in [0, 0.05) is 5.56 Å². The lowest BCUT2D eigenvalue weighted by molar-refractivity contribution is -0.139. The highest BCUT2D eigenvalue weighted by atomic mass is 35.5. The van der Waals surface area contributed by atoms with Gasteiger partial charge in [-0.1, -0.05) is 11.6 Å². The van der Waals surface area contributed by atoms with Gasteiger partial charge in [-0.3, -0.25) is 5.32 Å². The Balaban J connectivity index is 2.21. The molecule has 0 saturated carbocycles. The summed E-state index contributed by atoms with van der Waals surface area (Å²) in [6.45, 7) is 1.36. The van der Waals surface area contributed by atoms with Crippen LogP contribution in [0.25, 0.3) is 0 Å². The minimum atomic E-state index is -1.18. The van der Waals surface area contributed by atoms with Crippen molar-refractivity contribution < 1.29 is 19.4 Å². The minimum Gasteiger partial charge on any atom is -0.490 e. The average molecular weight is 457 g/mol. The number of aliphatic carboxylic acids is 1. The number of carboxylic acids is 1. The molecular formula is C19H17ClN8O4. The molecule has 32 heavy (non-hydrogen) atoms. The number of nitrogens with zero attached hydrogens (tertiary/aromatic N) is 4. The van der Waals surface area contributed by atoms with Crippen LogP contribution < -0.4 is 31.6 Å². The molecule has 0 fully saturated rings. The SMILES string of the molecule is CCOc1cc(C2N=C(NC#N)Nc3nc(N)c(C#N)c(N)c32)cc(Cl)c1OCC(=O)O. The Bertz CT molecular complexity index is 1200. The van der Waals surface area contributed by atoms with Crippen LogP contribution in [-0.4, -0.2) is 35.2 Å². The van der Waals surface area contributed by atoms with Crippen molar-refractivity contribution in [2.75, 3.05) is 30.0 Å². The van der Waals surface area contributed by atoms with Crippen LogP contribution in [0.2, 0.25) is 5.02 Å². The quantitative estimate of drug-likeness (QED) is 0.311. The van der Waals surface area contributed by atoms with E-state index in [-0.39, 0.29) is 52.0 Å². The van der Waals surface area contributed by atoms with Crippen molar-refractivity contribution >= 4 is 40.9 Å². The van der Waals surface area contributed by atoms with Gasteiger partial charge in [-0.25, -0.2) is 14.8 Å². The third-order valence-corrected chi connectivity index (χ3v) is 4.63. The molecule has 1 atom stereocenters. The molecule has 1 aromatic carbocycles. The average Bonchev–Trinajstić information content (AvgIpc) is 2.72. The minimum absolute atomic E-state index is 0.0139. The highest BCUT2D eigenvalue weighted by Crippen LogP contribution is 2.45. The van der Waals surface area contributed by atoms with Crippen molar-refractivity contribution in [2.45, 2.75) is 13.0 Å². The number of nitrogens with two attached hydrogens (primary N) is 2. The summed E-state index contributed by atoms with van der Waals surface area (Å²) in [6, 6.07) is 4.12. The lowest BCUT2D eigenvalue weighted by Gasteiger charge is -2.27. The maximum atomic E-state index is 10.9. The predicted octanol–water partition coefficient (Wildman–Crippen LogP) is 1.57. The maximum Gasteiger partial charge on any atom is 0.341 e. The van der Waals surface area contributed by atoms with E-state index in [9.17, 15) is 10.1 Å². The van der Waals surface area contributed by atoms with Crippen molar-refractivity contribution in [3.63, 3.8) is 0 Å². The van der Waals surface area contributed by atoms with Gasteiger partial charge in [0.15, 0.2) is 24.3 Å². The second-order valence-corrected chi connectivity index (χ2v) is 6.75. The molecule has 2 aromatic rings. The largest absolute Gasteiger partial charge is 0.490 e. The Morgan fingerprint density at radius 2 is 2.12 bits per heavy atom. The molecule has 0 amide bonds. The standard InChI is InChI=1S/C19H17ClN8O4/c1-2-31-11-4-8(3-10(20)16(11)32-6-12(29)30)15-13-14(23)9(5-21)17(24)27-18(13)28-19(26-15)25-7-22/h3-4,15H,2,6H2,1H3,(H,29,30)(H6,23,24,25,26,27,28). The first-order valence-electron chi connectivity index (χ1n) is 9.10. The normalized spacial score (nSPS) is 14.1. The van der Waals surface area contributed by atoms with Crippen molar-refractivity contribution in [2.24, 2.45) is 4.99 Å². The zero-order chi connectivity index (χ0) is 23.4. The van der Waals surface area contributed by atoms with Crippen LogP contribution in [0.15, 0.2) is 17.1 Å². The number of nitriles is 2.